The van der Waals surface area contributed by atoms with Crippen molar-refractivity contribution < 1.29 is 22.5 Å². The molecule has 0 saturated heterocycles. The fraction of sp³-hybridized carbons (Fsp3) is 0.105. The minimum Gasteiger partial charge on any atom is -0.416 e. The van der Waals surface area contributed by atoms with Crippen molar-refractivity contribution in [2.24, 2.45) is 0 Å². The van der Waals surface area contributed by atoms with Gasteiger partial charge in [-0.2, -0.15) is 9.78 Å². The Morgan fingerprint density at radius 1 is 1.00 bits per heavy atom. The molecule has 0 fully saturated rings. The van der Waals surface area contributed by atoms with Gasteiger partial charge in [-0.25, -0.2) is 0 Å². The number of non-ortho nitro benzene ring substituents is 1. The Balaban J connectivity index is 1.77. The summed E-state index contributed by atoms with van der Waals surface area (Å²) in [6, 6.07) is 13.1. The number of nitro benzene ring substituents is 1. The van der Waals surface area contributed by atoms with Gasteiger partial charge in [-0.1, -0.05) is 18.2 Å². The van der Waals surface area contributed by atoms with Gasteiger partial charge in [0.05, 0.1) is 16.3 Å². The van der Waals surface area contributed by atoms with E-state index in [1.807, 2.05) is 0 Å². The third kappa shape index (κ3) is 3.52. The highest BCUT2D eigenvalue weighted by Gasteiger charge is 2.35. The summed E-state index contributed by atoms with van der Waals surface area (Å²) >= 11 is 0. The molecule has 0 saturated carbocycles. The summed E-state index contributed by atoms with van der Waals surface area (Å²) in [6.07, 6.45) is -4.70. The number of hydrogen-bond acceptors (Lipinski definition) is 6. The third-order valence-electron chi connectivity index (χ3n) is 4.26. The first-order chi connectivity index (χ1) is 14.2. The molecule has 0 amide bonds. The molecule has 0 atom stereocenters. The van der Waals surface area contributed by atoms with Crippen molar-refractivity contribution in [2.45, 2.75) is 13.2 Å². The van der Waals surface area contributed by atoms with Crippen molar-refractivity contribution in [1.29, 1.82) is 0 Å². The Morgan fingerprint density at radius 3 is 2.27 bits per heavy atom. The number of alkyl halides is 3. The lowest BCUT2D eigenvalue weighted by atomic mass is 10.0. The largest absolute Gasteiger partial charge is 0.505 e. The molecule has 2 heterocycles. The van der Waals surface area contributed by atoms with Gasteiger partial charge in [0.25, 0.3) is 5.69 Å². The molecular weight excluding hydrogens is 403 g/mol. The lowest BCUT2D eigenvalue weighted by molar-refractivity contribution is -0.384. The smallest absolute Gasteiger partial charge is 0.416 e. The van der Waals surface area contributed by atoms with Crippen LogP contribution in [0.15, 0.2) is 59.0 Å². The van der Waals surface area contributed by atoms with Gasteiger partial charge in [0, 0.05) is 28.8 Å². The van der Waals surface area contributed by atoms with Crippen molar-refractivity contribution >= 4 is 5.69 Å². The second kappa shape index (κ2) is 7.10. The van der Waals surface area contributed by atoms with Gasteiger partial charge in [-0.05, 0) is 31.2 Å². The molecule has 0 radical (unpaired) electrons. The van der Waals surface area contributed by atoms with Crippen LogP contribution < -0.4 is 0 Å². The quantitative estimate of drug-likeness (QED) is 0.345. The summed E-state index contributed by atoms with van der Waals surface area (Å²) in [5.74, 6) is 0.0849. The highest BCUT2D eigenvalue weighted by Crippen LogP contribution is 2.36. The summed E-state index contributed by atoms with van der Waals surface area (Å²) < 4.78 is 45.8. The van der Waals surface area contributed by atoms with E-state index in [0.29, 0.717) is 11.1 Å². The highest BCUT2D eigenvalue weighted by atomic mass is 19.4. The zero-order chi connectivity index (χ0) is 21.5. The Kier molecular flexibility index (Phi) is 4.57. The third-order valence-corrected chi connectivity index (χ3v) is 4.26. The van der Waals surface area contributed by atoms with E-state index >= 15 is 0 Å². The van der Waals surface area contributed by atoms with Crippen molar-refractivity contribution in [3.63, 3.8) is 0 Å². The molecule has 2 aromatic carbocycles. The van der Waals surface area contributed by atoms with Crippen LogP contribution in [0.5, 0.6) is 0 Å². The van der Waals surface area contributed by atoms with E-state index in [1.165, 1.54) is 43.3 Å². The maximum absolute atomic E-state index is 13.4. The molecule has 11 heteroatoms. The second-order valence-corrected chi connectivity index (χ2v) is 6.31. The summed E-state index contributed by atoms with van der Waals surface area (Å²) in [4.78, 5) is 10.2. The van der Waals surface area contributed by atoms with Gasteiger partial charge in [-0.3, -0.25) is 10.1 Å². The van der Waals surface area contributed by atoms with Crippen LogP contribution in [0.1, 0.15) is 5.69 Å². The van der Waals surface area contributed by atoms with E-state index < -0.39 is 11.2 Å². The number of aryl methyl sites for hydroxylation is 1. The zero-order valence-electron chi connectivity index (χ0n) is 15.3. The molecule has 152 valence electrons. The summed E-state index contributed by atoms with van der Waals surface area (Å²) in [6.45, 7) is 1.47. The lowest BCUT2D eigenvalue weighted by Crippen LogP contribution is -2.19. The van der Waals surface area contributed by atoms with Crippen LogP contribution in [-0.4, -0.2) is 24.9 Å². The predicted octanol–water partition coefficient (Wildman–Crippen LogP) is 4.96. The van der Waals surface area contributed by atoms with Crippen LogP contribution in [-0.2, 0) is 6.30 Å². The molecule has 0 unspecified atom stereocenters. The number of hydrogen-bond donors (Lipinski definition) is 0. The van der Waals surface area contributed by atoms with E-state index in [2.05, 4.69) is 15.3 Å². The Morgan fingerprint density at radius 2 is 1.63 bits per heavy atom. The van der Waals surface area contributed by atoms with Crippen molar-refractivity contribution in [1.82, 2.24) is 20.0 Å². The molecule has 8 nitrogen and oxygen atoms in total. The van der Waals surface area contributed by atoms with E-state index in [4.69, 9.17) is 4.42 Å². The van der Waals surface area contributed by atoms with E-state index in [1.54, 1.807) is 18.2 Å². The molecule has 0 bridgehead atoms. The first-order valence-electron chi connectivity index (χ1n) is 8.56. The number of rotatable bonds is 4. The topological polar surface area (TPSA) is 99.9 Å². The van der Waals surface area contributed by atoms with Crippen LogP contribution in [0.2, 0.25) is 0 Å². The van der Waals surface area contributed by atoms with Gasteiger partial charge >= 0.3 is 6.30 Å². The maximum atomic E-state index is 13.4. The Bertz CT molecular complexity index is 1230. The number of benzene rings is 2. The molecule has 2 aromatic heterocycles. The molecule has 0 aliphatic heterocycles. The number of aromatic nitrogens is 4. The lowest BCUT2D eigenvalue weighted by Gasteiger charge is -2.12. The zero-order valence-corrected chi connectivity index (χ0v) is 15.3. The minimum atomic E-state index is -4.70. The van der Waals surface area contributed by atoms with Crippen LogP contribution in [0.25, 0.3) is 34.2 Å². The molecule has 30 heavy (non-hydrogen) atoms. The Labute approximate surface area is 166 Å². The molecule has 0 aliphatic carbocycles. The molecule has 0 N–H and O–H groups in total. The van der Waals surface area contributed by atoms with Crippen molar-refractivity contribution in [3.8, 4) is 34.2 Å². The highest BCUT2D eigenvalue weighted by molar-refractivity contribution is 5.78. The summed E-state index contributed by atoms with van der Waals surface area (Å²) in [5, 5.41) is 22.2. The van der Waals surface area contributed by atoms with Gasteiger partial charge in [0.2, 0.25) is 11.8 Å². The first-order valence-corrected chi connectivity index (χ1v) is 8.56. The molecule has 0 aliphatic rings. The fourth-order valence-electron chi connectivity index (χ4n) is 2.95. The molecular formula is C19H12F3N5O3. The number of halogens is 3. The maximum Gasteiger partial charge on any atom is 0.505 e. The standard InChI is InChI=1S/C19H12F3N5O3/c1-11-10-16(26(25-11)19(20,21)22)14-4-2-3-5-15(14)18-24-23-17(30-18)12-6-8-13(9-7-12)27(28)29/h2-10H,1H3. The molecule has 0 spiro atoms. The van der Waals surface area contributed by atoms with Crippen molar-refractivity contribution in [2.75, 3.05) is 0 Å². The summed E-state index contributed by atoms with van der Waals surface area (Å²) in [5.41, 5.74) is 0.894. The predicted molar refractivity (Wildman–Crippen MR) is 99.1 cm³/mol. The number of nitrogens with zero attached hydrogens (tertiary/aromatic N) is 5. The molecule has 4 rings (SSSR count). The average Bonchev–Trinajstić information content (AvgIpc) is 3.35. The van der Waals surface area contributed by atoms with Crippen LogP contribution >= 0.6 is 0 Å². The van der Waals surface area contributed by atoms with Gasteiger partial charge in [0.1, 0.15) is 0 Å². The van der Waals surface area contributed by atoms with E-state index in [-0.39, 0.29) is 39.1 Å². The van der Waals surface area contributed by atoms with Gasteiger partial charge in [0.15, 0.2) is 0 Å². The second-order valence-electron chi connectivity index (χ2n) is 6.31. The van der Waals surface area contributed by atoms with Crippen LogP contribution in [0.3, 0.4) is 0 Å². The normalized spacial score (nSPS) is 11.6. The van der Waals surface area contributed by atoms with E-state index in [0.717, 1.165) is 0 Å². The fourth-order valence-corrected chi connectivity index (χ4v) is 2.95. The minimum absolute atomic E-state index is 0.00518. The monoisotopic (exact) mass is 415 g/mol. The number of nitro groups is 1. The Hall–Kier alpha value is -4.02. The van der Waals surface area contributed by atoms with Crippen molar-refractivity contribution in [3.05, 3.63) is 70.4 Å². The summed E-state index contributed by atoms with van der Waals surface area (Å²) in [7, 11) is 0. The van der Waals surface area contributed by atoms with Gasteiger partial charge in [-0.15, -0.1) is 23.4 Å². The average molecular weight is 415 g/mol. The van der Waals surface area contributed by atoms with Gasteiger partial charge < -0.3 is 4.42 Å². The van der Waals surface area contributed by atoms with Crippen LogP contribution in [0.4, 0.5) is 18.9 Å². The first kappa shape index (κ1) is 19.3. The molecule has 4 aromatic rings. The van der Waals surface area contributed by atoms with E-state index in [9.17, 15) is 23.3 Å². The van der Waals surface area contributed by atoms with Crippen LogP contribution in [0, 0.1) is 17.0 Å². The SMILES string of the molecule is Cc1cc(-c2ccccc2-c2nnc(-c3ccc([N+](=O)[O-])cc3)o2)n(C(F)(F)F)n1.